The van der Waals surface area contributed by atoms with Gasteiger partial charge in [-0.25, -0.2) is 4.39 Å². The number of halogens is 5. The Morgan fingerprint density at radius 3 is 2.50 bits per heavy atom. The van der Waals surface area contributed by atoms with Crippen molar-refractivity contribution in [3.63, 3.8) is 0 Å². The summed E-state index contributed by atoms with van der Waals surface area (Å²) >= 11 is 5.49. The molecule has 1 aromatic rings. The molecule has 0 spiro atoms. The highest BCUT2D eigenvalue weighted by atomic mass is 35.5. The molecule has 0 saturated heterocycles. The molecule has 18 heavy (non-hydrogen) atoms. The summed E-state index contributed by atoms with van der Waals surface area (Å²) in [5, 5.41) is 1.92. The van der Waals surface area contributed by atoms with Gasteiger partial charge in [0.2, 0.25) is 5.91 Å². The monoisotopic (exact) mass is 284 g/mol. The van der Waals surface area contributed by atoms with E-state index in [2.05, 4.69) is 0 Å². The summed E-state index contributed by atoms with van der Waals surface area (Å²) in [6.07, 6.45) is -4.53. The molecule has 1 atom stereocenters. The molecule has 8 heteroatoms. The summed E-state index contributed by atoms with van der Waals surface area (Å²) in [7, 11) is 0. The summed E-state index contributed by atoms with van der Waals surface area (Å²) in [6, 6.07) is 1.69. The van der Waals surface area contributed by atoms with Gasteiger partial charge in [-0.3, -0.25) is 10.1 Å². The average molecular weight is 285 g/mol. The fourth-order valence-corrected chi connectivity index (χ4v) is 1.48. The van der Waals surface area contributed by atoms with Crippen LogP contribution >= 0.6 is 11.6 Å². The minimum Gasteiger partial charge on any atom is -0.368 e. The second-order valence-electron chi connectivity index (χ2n) is 3.50. The van der Waals surface area contributed by atoms with Crippen LogP contribution in [0.4, 0.5) is 17.6 Å². The van der Waals surface area contributed by atoms with E-state index in [0.717, 1.165) is 12.1 Å². The van der Waals surface area contributed by atoms with E-state index in [-0.39, 0.29) is 10.6 Å². The van der Waals surface area contributed by atoms with Gasteiger partial charge < -0.3 is 5.73 Å². The van der Waals surface area contributed by atoms with Gasteiger partial charge >= 0.3 is 6.18 Å². The summed E-state index contributed by atoms with van der Waals surface area (Å²) in [5.74, 6) is -2.01. The number of nitrogens with one attached hydrogen (secondary N) is 1. The van der Waals surface area contributed by atoms with E-state index in [9.17, 15) is 22.4 Å². The maximum atomic E-state index is 13.5. The minimum atomic E-state index is -4.53. The Labute approximate surface area is 105 Å². The molecule has 0 fully saturated rings. The van der Waals surface area contributed by atoms with E-state index < -0.39 is 30.5 Å². The number of hydrogen-bond acceptors (Lipinski definition) is 2. The zero-order chi connectivity index (χ0) is 13.9. The quantitative estimate of drug-likeness (QED) is 0.833. The molecule has 0 saturated carbocycles. The Balaban J connectivity index is 2.95. The van der Waals surface area contributed by atoms with Gasteiger partial charge in [-0.2, -0.15) is 13.2 Å². The molecule has 0 aromatic heterocycles. The molecular formula is C10H9ClF4N2O. The maximum Gasteiger partial charge on any atom is 0.401 e. The summed E-state index contributed by atoms with van der Waals surface area (Å²) in [4.78, 5) is 11.0. The van der Waals surface area contributed by atoms with Crippen molar-refractivity contribution in [3.8, 4) is 0 Å². The fraction of sp³-hybridized carbons (Fsp3) is 0.300. The highest BCUT2D eigenvalue weighted by molar-refractivity contribution is 6.30. The number of primary amides is 1. The average Bonchev–Trinajstić information content (AvgIpc) is 2.18. The largest absolute Gasteiger partial charge is 0.401 e. The van der Waals surface area contributed by atoms with Crippen molar-refractivity contribution in [2.45, 2.75) is 12.2 Å². The number of carbonyl (C=O) groups excluding carboxylic acids is 1. The van der Waals surface area contributed by atoms with Gasteiger partial charge in [-0.05, 0) is 12.1 Å². The van der Waals surface area contributed by atoms with Crippen LogP contribution in [0.2, 0.25) is 5.02 Å². The molecule has 0 radical (unpaired) electrons. The van der Waals surface area contributed by atoms with Crippen molar-refractivity contribution in [1.82, 2.24) is 5.32 Å². The molecule has 3 N–H and O–H groups in total. The van der Waals surface area contributed by atoms with Crippen molar-refractivity contribution < 1.29 is 22.4 Å². The number of alkyl halides is 3. The van der Waals surface area contributed by atoms with Crippen LogP contribution in [-0.2, 0) is 4.79 Å². The lowest BCUT2D eigenvalue weighted by Crippen LogP contribution is -2.39. The topological polar surface area (TPSA) is 55.1 Å². The first-order valence-electron chi connectivity index (χ1n) is 4.75. The van der Waals surface area contributed by atoms with Crippen molar-refractivity contribution in [2.24, 2.45) is 5.73 Å². The van der Waals surface area contributed by atoms with E-state index in [1.165, 1.54) is 6.07 Å². The predicted octanol–water partition coefficient (Wildman–Crippen LogP) is 2.16. The van der Waals surface area contributed by atoms with Crippen LogP contribution in [0.25, 0.3) is 0 Å². The van der Waals surface area contributed by atoms with Crippen LogP contribution in [0.1, 0.15) is 11.6 Å². The highest BCUT2D eigenvalue weighted by Crippen LogP contribution is 2.22. The predicted molar refractivity (Wildman–Crippen MR) is 57.4 cm³/mol. The van der Waals surface area contributed by atoms with Gasteiger partial charge in [-0.1, -0.05) is 17.7 Å². The molecule has 1 unspecified atom stereocenters. The molecule has 0 aliphatic heterocycles. The molecule has 0 aliphatic carbocycles. The first-order valence-corrected chi connectivity index (χ1v) is 5.13. The standard InChI is InChI=1S/C10H9ClF4N2O/c11-5-1-2-6(7(12)3-5)8(9(16)18)17-4-10(13,14)15/h1-3,8,17H,4H2,(H2,16,18). The van der Waals surface area contributed by atoms with Crippen LogP contribution in [0, 0.1) is 5.82 Å². The van der Waals surface area contributed by atoms with Crippen LogP contribution in [0.3, 0.4) is 0 Å². The Bertz CT molecular complexity index is 450. The van der Waals surface area contributed by atoms with E-state index in [4.69, 9.17) is 17.3 Å². The third-order valence-corrected chi connectivity index (χ3v) is 2.30. The van der Waals surface area contributed by atoms with Gasteiger partial charge in [-0.15, -0.1) is 0 Å². The normalized spacial score (nSPS) is 13.4. The first-order chi connectivity index (χ1) is 8.20. The molecule has 1 amide bonds. The Hall–Kier alpha value is -1.34. The number of nitrogens with two attached hydrogens (primary N) is 1. The molecule has 0 heterocycles. The molecular weight excluding hydrogens is 276 g/mol. The highest BCUT2D eigenvalue weighted by Gasteiger charge is 2.31. The van der Waals surface area contributed by atoms with Crippen LogP contribution in [-0.4, -0.2) is 18.6 Å². The molecule has 0 bridgehead atoms. The molecule has 100 valence electrons. The summed E-state index contributed by atoms with van der Waals surface area (Å²) in [5.41, 5.74) is 4.66. The third kappa shape index (κ3) is 4.15. The number of benzene rings is 1. The maximum absolute atomic E-state index is 13.5. The minimum absolute atomic E-state index is 0.0651. The number of carbonyl (C=O) groups is 1. The molecule has 1 aromatic carbocycles. The van der Waals surface area contributed by atoms with Crippen LogP contribution in [0.15, 0.2) is 18.2 Å². The van der Waals surface area contributed by atoms with Gasteiger partial charge in [0.25, 0.3) is 0 Å². The molecule has 3 nitrogen and oxygen atoms in total. The summed E-state index contributed by atoms with van der Waals surface area (Å²) in [6.45, 7) is -1.46. The second kappa shape index (κ2) is 5.53. The number of hydrogen-bond donors (Lipinski definition) is 2. The molecule has 1 rings (SSSR count). The van der Waals surface area contributed by atoms with Gasteiger partial charge in [0.1, 0.15) is 11.9 Å². The van der Waals surface area contributed by atoms with E-state index >= 15 is 0 Å². The number of amides is 1. The smallest absolute Gasteiger partial charge is 0.368 e. The number of rotatable bonds is 4. The van der Waals surface area contributed by atoms with Crippen LogP contribution < -0.4 is 11.1 Å². The van der Waals surface area contributed by atoms with Crippen molar-refractivity contribution in [1.29, 1.82) is 0 Å². The lowest BCUT2D eigenvalue weighted by atomic mass is 10.1. The van der Waals surface area contributed by atoms with Crippen molar-refractivity contribution in [2.75, 3.05) is 6.54 Å². The van der Waals surface area contributed by atoms with Gasteiger partial charge in [0.15, 0.2) is 0 Å². The van der Waals surface area contributed by atoms with E-state index in [1.807, 2.05) is 5.32 Å². The van der Waals surface area contributed by atoms with Crippen molar-refractivity contribution in [3.05, 3.63) is 34.6 Å². The second-order valence-corrected chi connectivity index (χ2v) is 3.93. The lowest BCUT2D eigenvalue weighted by molar-refractivity contribution is -0.131. The zero-order valence-electron chi connectivity index (χ0n) is 8.89. The van der Waals surface area contributed by atoms with Crippen molar-refractivity contribution >= 4 is 17.5 Å². The first kappa shape index (κ1) is 14.7. The van der Waals surface area contributed by atoms with E-state index in [0.29, 0.717) is 0 Å². The summed E-state index contributed by atoms with van der Waals surface area (Å²) < 4.78 is 49.6. The SMILES string of the molecule is NC(=O)C(NCC(F)(F)F)c1ccc(Cl)cc1F. The third-order valence-electron chi connectivity index (χ3n) is 2.06. The Morgan fingerprint density at radius 2 is 2.06 bits per heavy atom. The molecule has 0 aliphatic rings. The lowest BCUT2D eigenvalue weighted by Gasteiger charge is -2.17. The van der Waals surface area contributed by atoms with E-state index in [1.54, 1.807) is 0 Å². The van der Waals surface area contributed by atoms with Gasteiger partial charge in [0.05, 0.1) is 6.54 Å². The Kier molecular flexibility index (Phi) is 4.53. The fourth-order valence-electron chi connectivity index (χ4n) is 1.32. The zero-order valence-corrected chi connectivity index (χ0v) is 9.65. The van der Waals surface area contributed by atoms with Gasteiger partial charge in [0, 0.05) is 10.6 Å². The van der Waals surface area contributed by atoms with Crippen LogP contribution in [0.5, 0.6) is 0 Å². The Morgan fingerprint density at radius 1 is 1.44 bits per heavy atom.